The lowest BCUT2D eigenvalue weighted by Crippen LogP contribution is -2.38. The predicted octanol–water partition coefficient (Wildman–Crippen LogP) is 4.67. The van der Waals surface area contributed by atoms with Crippen molar-refractivity contribution in [3.63, 3.8) is 0 Å². The van der Waals surface area contributed by atoms with E-state index < -0.39 is 12.7 Å². The molecule has 3 heterocycles. The van der Waals surface area contributed by atoms with Gasteiger partial charge in [-0.2, -0.15) is 13.2 Å². The molecule has 6 nitrogen and oxygen atoms in total. The fourth-order valence-corrected chi connectivity index (χ4v) is 4.95. The van der Waals surface area contributed by atoms with E-state index in [-0.39, 0.29) is 24.4 Å². The number of nitrogens with one attached hydrogen (secondary N) is 1. The Balaban J connectivity index is 1.35. The van der Waals surface area contributed by atoms with Crippen LogP contribution in [0.1, 0.15) is 27.1 Å². The number of amides is 2. The number of rotatable bonds is 4. The Morgan fingerprint density at radius 3 is 2.44 bits per heavy atom. The molecule has 0 saturated heterocycles. The fourth-order valence-electron chi connectivity index (χ4n) is 4.21. The smallest absolute Gasteiger partial charge is 0.406 e. The topological polar surface area (TPSA) is 63.6 Å². The van der Waals surface area contributed by atoms with Crippen molar-refractivity contribution in [3.05, 3.63) is 57.3 Å². The van der Waals surface area contributed by atoms with Gasteiger partial charge in [-0.15, -0.1) is 0 Å². The molecular weight excluding hydrogens is 538 g/mol. The molecule has 5 rings (SSSR count). The average molecular weight is 555 g/mol. The number of ether oxygens (including phenoxy) is 1. The third-order valence-corrected chi connectivity index (χ3v) is 6.60. The Morgan fingerprint density at radius 2 is 1.78 bits per heavy atom. The lowest BCUT2D eigenvalue weighted by molar-refractivity contribution is -0.140. The molecule has 166 valence electrons. The number of fused-ring (bicyclic) bond motifs is 4. The van der Waals surface area contributed by atoms with E-state index in [1.807, 2.05) is 22.6 Å². The quantitative estimate of drug-likeness (QED) is 0.376. The molecule has 1 aromatic heterocycles. The number of nitrogens with zero attached hydrogens (tertiary/aromatic N) is 2. The van der Waals surface area contributed by atoms with Crippen LogP contribution in [0.4, 0.5) is 18.9 Å². The summed E-state index contributed by atoms with van der Waals surface area (Å²) in [6.45, 7) is -0.537. The molecular formula is C22H17F3IN3O3. The molecule has 1 atom stereocenters. The standard InChI is InChI=1S/C22H17F3IN3O3/c23-22(24,25)11-29-16-5-6-17-19(15(16)9-18(29)26)27-12(10-32-17)7-8-28-20(30)13-3-1-2-4-14(13)21(28)31/h1-6,9,12,27H,7-8,10-11H2. The first-order valence-corrected chi connectivity index (χ1v) is 11.0. The Morgan fingerprint density at radius 1 is 1.09 bits per heavy atom. The van der Waals surface area contributed by atoms with Crippen LogP contribution in [-0.4, -0.2) is 46.7 Å². The fraction of sp³-hybridized carbons (Fsp3) is 0.273. The van der Waals surface area contributed by atoms with E-state index in [1.54, 1.807) is 42.5 Å². The maximum absolute atomic E-state index is 13.0. The van der Waals surface area contributed by atoms with Gasteiger partial charge in [-0.1, -0.05) is 12.1 Å². The Labute approximate surface area is 194 Å². The highest BCUT2D eigenvalue weighted by Gasteiger charge is 2.36. The summed E-state index contributed by atoms with van der Waals surface area (Å²) in [6.07, 6.45) is -3.89. The number of hydrogen-bond acceptors (Lipinski definition) is 4. The molecule has 3 aromatic rings. The summed E-state index contributed by atoms with van der Waals surface area (Å²) >= 11 is 1.89. The van der Waals surface area contributed by atoms with Gasteiger partial charge in [0, 0.05) is 11.9 Å². The van der Waals surface area contributed by atoms with Crippen molar-refractivity contribution in [1.29, 1.82) is 0 Å². The molecule has 0 saturated carbocycles. The second-order valence-electron chi connectivity index (χ2n) is 7.79. The molecule has 1 unspecified atom stereocenters. The summed E-state index contributed by atoms with van der Waals surface area (Å²) in [6, 6.07) is 11.5. The summed E-state index contributed by atoms with van der Waals surface area (Å²) in [5.74, 6) is -0.0668. The van der Waals surface area contributed by atoms with Crippen LogP contribution in [-0.2, 0) is 6.54 Å². The monoisotopic (exact) mass is 555 g/mol. The Kier molecular flexibility index (Phi) is 5.06. The molecule has 0 spiro atoms. The zero-order chi connectivity index (χ0) is 22.6. The van der Waals surface area contributed by atoms with Gasteiger partial charge >= 0.3 is 6.18 Å². The van der Waals surface area contributed by atoms with Crippen molar-refractivity contribution in [2.45, 2.75) is 25.2 Å². The summed E-state index contributed by atoms with van der Waals surface area (Å²) in [5.41, 5.74) is 1.89. The summed E-state index contributed by atoms with van der Waals surface area (Å²) in [7, 11) is 0. The molecule has 0 radical (unpaired) electrons. The molecule has 0 fully saturated rings. The van der Waals surface area contributed by atoms with E-state index in [9.17, 15) is 22.8 Å². The maximum atomic E-state index is 13.0. The van der Waals surface area contributed by atoms with Crippen molar-refractivity contribution in [2.75, 3.05) is 18.5 Å². The first-order chi connectivity index (χ1) is 15.2. The number of imide groups is 1. The number of aromatic nitrogens is 1. The lowest BCUT2D eigenvalue weighted by atomic mass is 10.1. The second kappa shape index (κ2) is 7.68. The average Bonchev–Trinajstić information content (AvgIpc) is 3.19. The van der Waals surface area contributed by atoms with E-state index in [2.05, 4.69) is 5.32 Å². The van der Waals surface area contributed by atoms with Crippen LogP contribution in [0.3, 0.4) is 0 Å². The van der Waals surface area contributed by atoms with E-state index in [0.29, 0.717) is 50.2 Å². The largest absolute Gasteiger partial charge is 0.489 e. The van der Waals surface area contributed by atoms with Crippen molar-refractivity contribution >= 4 is 51.0 Å². The molecule has 2 aliphatic rings. The zero-order valence-electron chi connectivity index (χ0n) is 16.6. The van der Waals surface area contributed by atoms with E-state index in [4.69, 9.17) is 4.74 Å². The van der Waals surface area contributed by atoms with Crippen LogP contribution in [0.5, 0.6) is 5.75 Å². The van der Waals surface area contributed by atoms with E-state index >= 15 is 0 Å². The highest BCUT2D eigenvalue weighted by molar-refractivity contribution is 14.1. The molecule has 0 bridgehead atoms. The van der Waals surface area contributed by atoms with Gasteiger partial charge in [0.25, 0.3) is 11.8 Å². The maximum Gasteiger partial charge on any atom is 0.406 e. The van der Waals surface area contributed by atoms with Crippen LogP contribution in [0, 0.1) is 3.70 Å². The number of carbonyl (C=O) groups excluding carboxylic acids is 2. The minimum Gasteiger partial charge on any atom is -0.489 e. The number of alkyl halides is 3. The highest BCUT2D eigenvalue weighted by atomic mass is 127. The van der Waals surface area contributed by atoms with Crippen LogP contribution >= 0.6 is 22.6 Å². The number of benzene rings is 2. The summed E-state index contributed by atoms with van der Waals surface area (Å²) < 4.78 is 46.6. The molecule has 2 amide bonds. The Hall–Kier alpha value is -2.76. The number of anilines is 1. The van der Waals surface area contributed by atoms with E-state index in [1.165, 1.54) is 9.47 Å². The number of halogens is 4. The summed E-state index contributed by atoms with van der Waals surface area (Å²) in [4.78, 5) is 26.4. The molecule has 1 N–H and O–H groups in total. The Bertz CT molecular complexity index is 1220. The number of hydrogen-bond donors (Lipinski definition) is 1. The minimum atomic E-state index is -4.33. The van der Waals surface area contributed by atoms with Gasteiger partial charge in [-0.3, -0.25) is 14.5 Å². The molecule has 10 heteroatoms. The minimum absolute atomic E-state index is 0.207. The van der Waals surface area contributed by atoms with Crippen molar-refractivity contribution < 1.29 is 27.5 Å². The van der Waals surface area contributed by atoms with Gasteiger partial charge in [0.2, 0.25) is 0 Å². The van der Waals surface area contributed by atoms with Gasteiger partial charge in [0.1, 0.15) is 18.9 Å². The number of carbonyl (C=O) groups is 2. The first-order valence-electron chi connectivity index (χ1n) is 9.96. The van der Waals surface area contributed by atoms with Gasteiger partial charge in [0.05, 0.1) is 32.1 Å². The van der Waals surface area contributed by atoms with Crippen LogP contribution in [0.15, 0.2) is 42.5 Å². The van der Waals surface area contributed by atoms with Gasteiger partial charge in [0.15, 0.2) is 0 Å². The normalized spacial score (nSPS) is 17.9. The van der Waals surface area contributed by atoms with Crippen LogP contribution < -0.4 is 10.1 Å². The highest BCUT2D eigenvalue weighted by Crippen LogP contribution is 2.39. The molecule has 32 heavy (non-hydrogen) atoms. The summed E-state index contributed by atoms with van der Waals surface area (Å²) in [5, 5.41) is 3.99. The molecule has 2 aromatic carbocycles. The van der Waals surface area contributed by atoms with Gasteiger partial charge in [-0.05, 0) is 59.3 Å². The zero-order valence-corrected chi connectivity index (χ0v) is 18.7. The van der Waals surface area contributed by atoms with E-state index in [0.717, 1.165) is 0 Å². The van der Waals surface area contributed by atoms with Crippen molar-refractivity contribution in [2.24, 2.45) is 0 Å². The van der Waals surface area contributed by atoms with Crippen LogP contribution in [0.25, 0.3) is 10.9 Å². The molecule has 0 aliphatic carbocycles. The van der Waals surface area contributed by atoms with Gasteiger partial charge < -0.3 is 14.6 Å². The second-order valence-corrected chi connectivity index (χ2v) is 8.89. The first kappa shape index (κ1) is 21.1. The SMILES string of the molecule is O=C1c2ccccc2C(=O)N1CCC1COc2ccc3c(cc(I)n3CC(F)(F)F)c2N1. The molecule has 2 aliphatic heterocycles. The third-order valence-electron chi connectivity index (χ3n) is 5.70. The van der Waals surface area contributed by atoms with Gasteiger partial charge in [-0.25, -0.2) is 0 Å². The van der Waals surface area contributed by atoms with Crippen molar-refractivity contribution in [3.8, 4) is 5.75 Å². The third kappa shape index (κ3) is 3.59. The predicted molar refractivity (Wildman–Crippen MR) is 120 cm³/mol. The lowest BCUT2D eigenvalue weighted by Gasteiger charge is -2.29. The van der Waals surface area contributed by atoms with Crippen LogP contribution in [0.2, 0.25) is 0 Å². The van der Waals surface area contributed by atoms with Crippen molar-refractivity contribution in [1.82, 2.24) is 9.47 Å².